The highest BCUT2D eigenvalue weighted by atomic mass is 16.5. The lowest BCUT2D eigenvalue weighted by Gasteiger charge is -2.18. The van der Waals surface area contributed by atoms with Crippen LogP contribution >= 0.6 is 0 Å². The van der Waals surface area contributed by atoms with E-state index in [0.29, 0.717) is 42.1 Å². The molecule has 0 amide bonds. The van der Waals surface area contributed by atoms with Gasteiger partial charge in [-0.15, -0.1) is 0 Å². The average molecular weight is 795 g/mol. The zero-order chi connectivity index (χ0) is 40.7. The van der Waals surface area contributed by atoms with Gasteiger partial charge in [0.05, 0.1) is 28.1 Å². The third-order valence-electron chi connectivity index (χ3n) is 11.4. The Hall–Kier alpha value is -5.17. The van der Waals surface area contributed by atoms with E-state index in [9.17, 15) is 0 Å². The van der Waals surface area contributed by atoms with E-state index in [-0.39, 0.29) is 14.9 Å². The third-order valence-corrected chi connectivity index (χ3v) is 11.4. The fraction of sp³-hybridized carbons (Fsp3) is 0.442. The number of nitrogens with zero attached hydrogens (tertiary/aromatic N) is 3. The van der Waals surface area contributed by atoms with E-state index in [0.717, 1.165) is 64.0 Å². The Labute approximate surface area is 354 Å². The van der Waals surface area contributed by atoms with Crippen LogP contribution in [0, 0.1) is 0 Å². The van der Waals surface area contributed by atoms with Crippen molar-refractivity contribution < 1.29 is 4.74 Å². The minimum Gasteiger partial charge on any atom is -0.487 e. The van der Waals surface area contributed by atoms with Crippen LogP contribution in [0.25, 0.3) is 44.3 Å². The molecule has 0 saturated heterocycles. The maximum Gasteiger partial charge on any atom is 0.130 e. The molecule has 0 saturated carbocycles. The summed E-state index contributed by atoms with van der Waals surface area (Å²) in [7, 11) is 0. The number of H-pyrrole nitrogens is 3. The molecule has 0 fully saturated rings. The first-order valence-electron chi connectivity index (χ1n) is 21.2. The highest BCUT2D eigenvalue weighted by molar-refractivity contribution is 6.04. The number of hydrogen-bond donors (Lipinski definition) is 3. The van der Waals surface area contributed by atoms with Gasteiger partial charge in [-0.05, 0) is 76.4 Å². The van der Waals surface area contributed by atoms with Gasteiger partial charge in [0.2, 0.25) is 0 Å². The predicted molar refractivity (Wildman–Crippen MR) is 251 cm³/mol. The van der Waals surface area contributed by atoms with Crippen LogP contribution in [-0.4, -0.2) is 29.9 Å². The standard InChI is InChI=1S/C17H22N2.C17H20N2.C16H20N2O.2CH4/c2*1-10(2)12-5-7-14-13(9-12)6-8-15-16(14)19-17(18-15)11(3)4;1-9(2)11-5-6-12-14(7-11)19-8-13-15(12)18-16(17-13)10(3)4;;/h5,7,9-11H,6,8H2,1-4H3,(H,18,19);5-11H,1-4H3,(H,18,19);5-7,9-10H,8H2,1-4H3,(H,17,18);2*1H4. The number of aromatic nitrogens is 6. The molecule has 0 atom stereocenters. The third kappa shape index (κ3) is 9.35. The summed E-state index contributed by atoms with van der Waals surface area (Å²) in [6, 6.07) is 24.4. The lowest BCUT2D eigenvalue weighted by Crippen LogP contribution is -2.05. The number of imidazole rings is 3. The Kier molecular flexibility index (Phi) is 14.0. The van der Waals surface area contributed by atoms with Gasteiger partial charge in [0.1, 0.15) is 29.8 Å². The summed E-state index contributed by atoms with van der Waals surface area (Å²) in [5.41, 5.74) is 14.9. The maximum absolute atomic E-state index is 5.86. The number of aryl methyl sites for hydroxylation is 2. The molecule has 59 heavy (non-hydrogen) atoms. The fourth-order valence-corrected chi connectivity index (χ4v) is 7.64. The molecule has 0 radical (unpaired) electrons. The molecule has 7 heteroatoms. The van der Waals surface area contributed by atoms with E-state index in [1.54, 1.807) is 0 Å². The highest BCUT2D eigenvalue weighted by Crippen LogP contribution is 2.39. The number of aromatic amines is 3. The van der Waals surface area contributed by atoms with Crippen LogP contribution in [0.2, 0.25) is 0 Å². The van der Waals surface area contributed by atoms with Crippen molar-refractivity contribution in [3.8, 4) is 28.3 Å². The van der Waals surface area contributed by atoms with Crippen molar-refractivity contribution in [3.63, 3.8) is 0 Å². The molecule has 2 aliphatic rings. The molecule has 1 aliphatic carbocycles. The van der Waals surface area contributed by atoms with Crippen molar-refractivity contribution in [1.29, 1.82) is 0 Å². The van der Waals surface area contributed by atoms with Crippen LogP contribution in [0.1, 0.15) is 185 Å². The van der Waals surface area contributed by atoms with Gasteiger partial charge in [-0.2, -0.15) is 0 Å². The lowest BCUT2D eigenvalue weighted by molar-refractivity contribution is 0.297. The molecule has 314 valence electrons. The molecule has 9 rings (SSSR count). The molecule has 3 N–H and O–H groups in total. The summed E-state index contributed by atoms with van der Waals surface area (Å²) in [5, 5.41) is 2.52. The molecule has 7 nitrogen and oxygen atoms in total. The molecular weight excluding hydrogens is 725 g/mol. The second kappa shape index (κ2) is 18.4. The molecule has 4 aromatic carbocycles. The largest absolute Gasteiger partial charge is 0.487 e. The van der Waals surface area contributed by atoms with Gasteiger partial charge < -0.3 is 19.7 Å². The van der Waals surface area contributed by atoms with E-state index in [4.69, 9.17) is 19.7 Å². The normalized spacial score (nSPS) is 12.6. The quantitative estimate of drug-likeness (QED) is 0.156. The Bertz CT molecular complexity index is 2400. The van der Waals surface area contributed by atoms with Crippen molar-refractivity contribution in [1.82, 2.24) is 29.9 Å². The number of hydrogen-bond acceptors (Lipinski definition) is 4. The predicted octanol–water partition coefficient (Wildman–Crippen LogP) is 14.9. The molecule has 0 spiro atoms. The zero-order valence-electron chi connectivity index (χ0n) is 36.2. The molecular formula is C52H70N6O. The van der Waals surface area contributed by atoms with E-state index in [1.165, 1.54) is 50.0 Å². The summed E-state index contributed by atoms with van der Waals surface area (Å²) >= 11 is 0. The molecule has 7 aromatic rings. The van der Waals surface area contributed by atoms with Gasteiger partial charge in [0, 0.05) is 40.0 Å². The van der Waals surface area contributed by atoms with Crippen LogP contribution in [0.5, 0.6) is 5.75 Å². The van der Waals surface area contributed by atoms with Crippen molar-refractivity contribution >= 4 is 21.8 Å². The Morgan fingerprint density at radius 1 is 0.492 bits per heavy atom. The monoisotopic (exact) mass is 795 g/mol. The molecule has 4 heterocycles. The molecule has 0 bridgehead atoms. The topological polar surface area (TPSA) is 95.3 Å². The smallest absolute Gasteiger partial charge is 0.130 e. The van der Waals surface area contributed by atoms with Gasteiger partial charge in [-0.3, -0.25) is 0 Å². The minimum atomic E-state index is 0. The highest BCUT2D eigenvalue weighted by Gasteiger charge is 2.24. The van der Waals surface area contributed by atoms with Crippen molar-refractivity contribution in [2.24, 2.45) is 0 Å². The van der Waals surface area contributed by atoms with E-state index in [2.05, 4.69) is 165 Å². The molecule has 1 aliphatic heterocycles. The van der Waals surface area contributed by atoms with Crippen molar-refractivity contribution in [2.75, 3.05) is 0 Å². The van der Waals surface area contributed by atoms with Gasteiger partial charge in [0.25, 0.3) is 0 Å². The van der Waals surface area contributed by atoms with Crippen LogP contribution < -0.4 is 4.74 Å². The van der Waals surface area contributed by atoms with E-state index in [1.807, 2.05) is 0 Å². The van der Waals surface area contributed by atoms with Crippen LogP contribution in [-0.2, 0) is 19.4 Å². The van der Waals surface area contributed by atoms with E-state index < -0.39 is 0 Å². The SMILES string of the molecule is C.C.CC(C)c1ccc2c(c1)CCc1[nH]c(C(C)C)nc1-2.CC(C)c1ccc2c(c1)OCc1[nH]c(C(C)C)nc1-2.CC(C)c1ccc2c(ccc3[nH]c(C(C)C)nc32)c1. The fourth-order valence-electron chi connectivity index (χ4n) is 7.64. The van der Waals surface area contributed by atoms with Gasteiger partial charge >= 0.3 is 0 Å². The van der Waals surface area contributed by atoms with Crippen LogP contribution in [0.4, 0.5) is 0 Å². The van der Waals surface area contributed by atoms with Crippen molar-refractivity contribution in [3.05, 3.63) is 118 Å². The lowest BCUT2D eigenvalue weighted by atomic mass is 9.89. The minimum absolute atomic E-state index is 0. The first-order valence-corrected chi connectivity index (χ1v) is 21.2. The van der Waals surface area contributed by atoms with Gasteiger partial charge in [-0.1, -0.05) is 146 Å². The second-order valence-corrected chi connectivity index (χ2v) is 17.9. The Balaban J connectivity index is 0.000000165. The summed E-state index contributed by atoms with van der Waals surface area (Å²) < 4.78 is 5.86. The van der Waals surface area contributed by atoms with Gasteiger partial charge in [-0.25, -0.2) is 15.0 Å². The number of ether oxygens (including phenoxy) is 1. The first kappa shape index (κ1) is 44.9. The Morgan fingerprint density at radius 2 is 1.02 bits per heavy atom. The zero-order valence-corrected chi connectivity index (χ0v) is 36.2. The maximum atomic E-state index is 5.86. The number of fused-ring (bicyclic) bond motifs is 9. The van der Waals surface area contributed by atoms with E-state index >= 15 is 0 Å². The first-order chi connectivity index (χ1) is 27.2. The Morgan fingerprint density at radius 3 is 1.63 bits per heavy atom. The van der Waals surface area contributed by atoms with Crippen molar-refractivity contribution in [2.45, 2.75) is 153 Å². The average Bonchev–Trinajstić information content (AvgIpc) is 3.95. The molecule has 0 unspecified atom stereocenters. The summed E-state index contributed by atoms with van der Waals surface area (Å²) in [5.74, 6) is 7.14. The summed E-state index contributed by atoms with van der Waals surface area (Å²) in [4.78, 5) is 24.6. The summed E-state index contributed by atoms with van der Waals surface area (Å²) in [6.45, 7) is 26.9. The number of benzene rings is 4. The van der Waals surface area contributed by atoms with Gasteiger partial charge in [0.15, 0.2) is 0 Å². The summed E-state index contributed by atoms with van der Waals surface area (Å²) in [6.07, 6.45) is 2.21. The second-order valence-electron chi connectivity index (χ2n) is 17.9. The number of nitrogens with one attached hydrogen (secondary N) is 3. The van der Waals surface area contributed by atoms with Crippen LogP contribution in [0.15, 0.2) is 66.7 Å². The van der Waals surface area contributed by atoms with Crippen LogP contribution in [0.3, 0.4) is 0 Å². The number of rotatable bonds is 6. The molecule has 3 aromatic heterocycles.